The Morgan fingerprint density at radius 1 is 1.03 bits per heavy atom. The van der Waals surface area contributed by atoms with Crippen molar-refractivity contribution in [3.63, 3.8) is 0 Å². The third-order valence-electron chi connectivity index (χ3n) is 6.03. The molecule has 0 radical (unpaired) electrons. The number of halogens is 2. The zero-order valence-electron chi connectivity index (χ0n) is 19.2. The number of piperazine rings is 1. The van der Waals surface area contributed by atoms with Crippen molar-refractivity contribution in [1.82, 2.24) is 24.6 Å². The molecule has 3 heterocycles. The predicted octanol–water partition coefficient (Wildman–Crippen LogP) is 3.72. The van der Waals surface area contributed by atoms with Crippen LogP contribution in [-0.4, -0.2) is 74.8 Å². The molecule has 0 bridgehead atoms. The fourth-order valence-corrected chi connectivity index (χ4v) is 4.80. The Kier molecular flexibility index (Phi) is 6.06. The van der Waals surface area contributed by atoms with Gasteiger partial charge in [-0.15, -0.1) is 5.10 Å². The van der Waals surface area contributed by atoms with E-state index < -0.39 is 5.54 Å². The van der Waals surface area contributed by atoms with Crippen molar-refractivity contribution in [2.75, 3.05) is 32.8 Å². The van der Waals surface area contributed by atoms with Gasteiger partial charge in [-0.3, -0.25) is 9.59 Å². The number of aromatic nitrogens is 3. The van der Waals surface area contributed by atoms with E-state index >= 15 is 0 Å². The van der Waals surface area contributed by atoms with E-state index in [0.29, 0.717) is 65.6 Å². The number of benzene rings is 2. The average molecular weight is 516 g/mol. The fourth-order valence-electron chi connectivity index (χ4n) is 4.35. The molecular formula is C24H23Cl2N5O4. The van der Waals surface area contributed by atoms with E-state index in [-0.39, 0.29) is 17.6 Å². The zero-order chi connectivity index (χ0) is 24.7. The Labute approximate surface area is 212 Å². The van der Waals surface area contributed by atoms with Crippen LogP contribution >= 0.6 is 23.2 Å². The van der Waals surface area contributed by atoms with Gasteiger partial charge in [0.25, 0.3) is 11.8 Å². The molecule has 0 unspecified atom stereocenters. The molecule has 1 aromatic heterocycles. The lowest BCUT2D eigenvalue weighted by atomic mass is 9.97. The summed E-state index contributed by atoms with van der Waals surface area (Å²) >= 11 is 12.4. The second-order valence-electron chi connectivity index (χ2n) is 8.97. The van der Waals surface area contributed by atoms with Crippen LogP contribution < -0.4 is 9.47 Å². The molecule has 182 valence electrons. The van der Waals surface area contributed by atoms with Gasteiger partial charge in [-0.2, -0.15) is 0 Å². The van der Waals surface area contributed by atoms with E-state index in [4.69, 9.17) is 32.7 Å². The van der Waals surface area contributed by atoms with Crippen LogP contribution in [0.3, 0.4) is 0 Å². The predicted molar refractivity (Wildman–Crippen MR) is 130 cm³/mol. The number of amides is 2. The Bertz CT molecular complexity index is 1310. The summed E-state index contributed by atoms with van der Waals surface area (Å²) in [4.78, 5) is 34.2. The van der Waals surface area contributed by atoms with E-state index in [1.54, 1.807) is 40.1 Å². The maximum absolute atomic E-state index is 13.3. The number of ether oxygens (including phenoxy) is 2. The molecule has 35 heavy (non-hydrogen) atoms. The highest BCUT2D eigenvalue weighted by atomic mass is 35.5. The van der Waals surface area contributed by atoms with E-state index in [1.165, 1.54) is 11.0 Å². The lowest BCUT2D eigenvalue weighted by Gasteiger charge is -2.46. The van der Waals surface area contributed by atoms with Crippen molar-refractivity contribution < 1.29 is 19.1 Å². The van der Waals surface area contributed by atoms with Crippen LogP contribution in [0.5, 0.6) is 11.5 Å². The van der Waals surface area contributed by atoms with Crippen LogP contribution in [0.2, 0.25) is 10.0 Å². The summed E-state index contributed by atoms with van der Waals surface area (Å²) in [5.74, 6) is 0.505. The first-order valence-corrected chi connectivity index (χ1v) is 11.9. The molecule has 1 fully saturated rings. The summed E-state index contributed by atoms with van der Waals surface area (Å²) in [5, 5.41) is 5.24. The molecule has 11 heteroatoms. The highest BCUT2D eigenvalue weighted by Crippen LogP contribution is 2.39. The SMILES string of the molecule is CC1(C)CN(C(=O)c2cc(Cl)c3c(c2)OCCO3)CCN1C(=O)c1ncn(-c2cccc(Cl)c2)n1. The van der Waals surface area contributed by atoms with Gasteiger partial charge >= 0.3 is 0 Å². The standard InChI is InChI=1S/C24H23Cl2N5O4/c1-24(2)13-29(22(32)15-10-18(26)20-19(11-15)34-8-9-35-20)6-7-30(24)23(33)21-27-14-31(28-21)17-5-3-4-16(25)12-17/h3-5,10-12,14H,6-9,13H2,1-2H3. The first kappa shape index (κ1) is 23.4. The second kappa shape index (κ2) is 9.05. The van der Waals surface area contributed by atoms with Gasteiger partial charge in [0.05, 0.1) is 16.2 Å². The van der Waals surface area contributed by atoms with E-state index in [0.717, 1.165) is 0 Å². The Morgan fingerprint density at radius 2 is 1.83 bits per heavy atom. The van der Waals surface area contributed by atoms with Crippen molar-refractivity contribution in [3.05, 3.63) is 64.2 Å². The molecule has 2 amide bonds. The molecule has 3 aromatic rings. The van der Waals surface area contributed by atoms with E-state index in [2.05, 4.69) is 10.1 Å². The maximum atomic E-state index is 13.3. The van der Waals surface area contributed by atoms with Gasteiger partial charge in [0.15, 0.2) is 11.5 Å². The number of nitrogens with zero attached hydrogens (tertiary/aromatic N) is 5. The number of hydrogen-bond donors (Lipinski definition) is 0. The quantitative estimate of drug-likeness (QED) is 0.527. The van der Waals surface area contributed by atoms with Gasteiger partial charge in [-0.05, 0) is 44.2 Å². The zero-order valence-corrected chi connectivity index (χ0v) is 20.7. The molecule has 2 aromatic carbocycles. The molecule has 9 nitrogen and oxygen atoms in total. The maximum Gasteiger partial charge on any atom is 0.294 e. The molecule has 0 saturated carbocycles. The number of fused-ring (bicyclic) bond motifs is 1. The molecule has 2 aliphatic rings. The average Bonchev–Trinajstić information content (AvgIpc) is 3.33. The third kappa shape index (κ3) is 4.53. The molecule has 1 saturated heterocycles. The van der Waals surface area contributed by atoms with Crippen LogP contribution in [0.4, 0.5) is 0 Å². The van der Waals surface area contributed by atoms with Crippen molar-refractivity contribution in [1.29, 1.82) is 0 Å². The summed E-state index contributed by atoms with van der Waals surface area (Å²) in [6, 6.07) is 10.4. The highest BCUT2D eigenvalue weighted by Gasteiger charge is 2.40. The first-order valence-electron chi connectivity index (χ1n) is 11.1. The molecule has 0 aliphatic carbocycles. The summed E-state index contributed by atoms with van der Waals surface area (Å²) in [6.45, 7) is 5.66. The van der Waals surface area contributed by atoms with Gasteiger partial charge in [0.2, 0.25) is 5.82 Å². The number of carbonyl (C=O) groups excluding carboxylic acids is 2. The van der Waals surface area contributed by atoms with Crippen LogP contribution in [0.25, 0.3) is 5.69 Å². The topological polar surface area (TPSA) is 89.8 Å². The Morgan fingerprint density at radius 3 is 2.60 bits per heavy atom. The van der Waals surface area contributed by atoms with E-state index in [9.17, 15) is 9.59 Å². The Hall–Kier alpha value is -3.30. The lowest BCUT2D eigenvalue weighted by molar-refractivity contribution is 0.0160. The number of carbonyl (C=O) groups is 2. The number of hydrogen-bond acceptors (Lipinski definition) is 6. The van der Waals surface area contributed by atoms with Crippen molar-refractivity contribution in [2.24, 2.45) is 0 Å². The van der Waals surface area contributed by atoms with Gasteiger partial charge in [0.1, 0.15) is 19.5 Å². The first-order chi connectivity index (χ1) is 16.7. The van der Waals surface area contributed by atoms with Crippen LogP contribution in [0, 0.1) is 0 Å². The Balaban J connectivity index is 1.31. The van der Waals surface area contributed by atoms with Crippen LogP contribution in [0.1, 0.15) is 34.8 Å². The van der Waals surface area contributed by atoms with Crippen molar-refractivity contribution in [2.45, 2.75) is 19.4 Å². The largest absolute Gasteiger partial charge is 0.486 e. The molecular weight excluding hydrogens is 493 g/mol. The van der Waals surface area contributed by atoms with Crippen LogP contribution in [0.15, 0.2) is 42.7 Å². The normalized spacial score (nSPS) is 16.8. The summed E-state index contributed by atoms with van der Waals surface area (Å²) < 4.78 is 12.7. The minimum atomic E-state index is -0.649. The van der Waals surface area contributed by atoms with Gasteiger partial charge < -0.3 is 19.3 Å². The minimum absolute atomic E-state index is 0.0800. The lowest BCUT2D eigenvalue weighted by Crippen LogP contribution is -2.62. The monoisotopic (exact) mass is 515 g/mol. The van der Waals surface area contributed by atoms with Gasteiger partial charge in [0, 0.05) is 30.2 Å². The summed E-state index contributed by atoms with van der Waals surface area (Å²) in [7, 11) is 0. The second-order valence-corrected chi connectivity index (χ2v) is 9.81. The highest BCUT2D eigenvalue weighted by molar-refractivity contribution is 6.32. The molecule has 2 aliphatic heterocycles. The van der Waals surface area contributed by atoms with Crippen LogP contribution in [-0.2, 0) is 0 Å². The third-order valence-corrected chi connectivity index (χ3v) is 6.55. The molecule has 0 spiro atoms. The minimum Gasteiger partial charge on any atom is -0.486 e. The molecule has 0 N–H and O–H groups in total. The van der Waals surface area contributed by atoms with E-state index in [1.807, 2.05) is 19.9 Å². The van der Waals surface area contributed by atoms with Gasteiger partial charge in [-0.1, -0.05) is 29.3 Å². The molecule has 5 rings (SSSR count). The van der Waals surface area contributed by atoms with Crippen molar-refractivity contribution in [3.8, 4) is 17.2 Å². The van der Waals surface area contributed by atoms with Gasteiger partial charge in [-0.25, -0.2) is 9.67 Å². The summed E-state index contributed by atoms with van der Waals surface area (Å²) in [5.41, 5.74) is 0.470. The smallest absolute Gasteiger partial charge is 0.294 e. The number of rotatable bonds is 3. The van der Waals surface area contributed by atoms with Crippen molar-refractivity contribution >= 4 is 35.0 Å². The molecule has 0 atom stereocenters. The fraction of sp³-hybridized carbons (Fsp3) is 0.333. The summed E-state index contributed by atoms with van der Waals surface area (Å²) in [6.07, 6.45) is 1.48.